The zero-order valence-corrected chi connectivity index (χ0v) is 10.1. The number of carboxylic acids is 1. The first-order chi connectivity index (χ1) is 8.58. The molecule has 1 saturated carbocycles. The number of H-pyrrole nitrogens is 1. The van der Waals surface area contributed by atoms with Crippen LogP contribution in [0.25, 0.3) is 0 Å². The highest BCUT2D eigenvalue weighted by Crippen LogP contribution is 2.40. The van der Waals surface area contributed by atoms with Crippen LogP contribution in [0.2, 0.25) is 0 Å². The smallest absolute Gasteiger partial charge is 0.326 e. The van der Waals surface area contributed by atoms with Crippen molar-refractivity contribution in [2.75, 3.05) is 0 Å². The first kappa shape index (κ1) is 11.3. The van der Waals surface area contributed by atoms with Gasteiger partial charge in [0, 0.05) is 12.3 Å². The number of hydrogen-bond acceptors (Lipinski definition) is 3. The Bertz CT molecular complexity index is 510. The second-order valence-corrected chi connectivity index (χ2v) is 5.17. The summed E-state index contributed by atoms with van der Waals surface area (Å²) in [5.74, 6) is -0.591. The van der Waals surface area contributed by atoms with Crippen LogP contribution in [0.15, 0.2) is 6.33 Å². The van der Waals surface area contributed by atoms with Gasteiger partial charge < -0.3 is 15.0 Å². The summed E-state index contributed by atoms with van der Waals surface area (Å²) in [6.07, 6.45) is 2.72. The van der Waals surface area contributed by atoms with Crippen molar-refractivity contribution >= 4 is 11.9 Å². The molecule has 0 saturated heterocycles. The summed E-state index contributed by atoms with van der Waals surface area (Å²) < 4.78 is 0. The third-order valence-electron chi connectivity index (χ3n) is 3.89. The number of aromatic nitrogens is 2. The number of imidazole rings is 1. The van der Waals surface area contributed by atoms with E-state index in [2.05, 4.69) is 9.97 Å². The van der Waals surface area contributed by atoms with Gasteiger partial charge in [-0.15, -0.1) is 0 Å². The summed E-state index contributed by atoms with van der Waals surface area (Å²) in [5.41, 5.74) is 1.62. The molecule has 3 atom stereocenters. The van der Waals surface area contributed by atoms with Gasteiger partial charge in [-0.3, -0.25) is 4.79 Å². The standard InChI is InChI=1S/C12H15N3O3/c1-6-2-7(6)11(16)15-4-9-8(13-5-14-9)3-10(15)12(17)18/h5-7,10H,2-4H2,1H3,(H,13,14)(H,17,18). The quantitative estimate of drug-likeness (QED) is 0.794. The van der Waals surface area contributed by atoms with E-state index >= 15 is 0 Å². The fourth-order valence-electron chi connectivity index (χ4n) is 2.57. The van der Waals surface area contributed by atoms with Gasteiger partial charge >= 0.3 is 5.97 Å². The summed E-state index contributed by atoms with van der Waals surface area (Å²) in [5, 5.41) is 9.26. The van der Waals surface area contributed by atoms with Crippen molar-refractivity contribution in [1.82, 2.24) is 14.9 Å². The van der Waals surface area contributed by atoms with Crippen molar-refractivity contribution in [2.45, 2.75) is 32.4 Å². The van der Waals surface area contributed by atoms with E-state index in [-0.39, 0.29) is 11.8 Å². The van der Waals surface area contributed by atoms with Crippen LogP contribution >= 0.6 is 0 Å². The van der Waals surface area contributed by atoms with E-state index < -0.39 is 12.0 Å². The van der Waals surface area contributed by atoms with Gasteiger partial charge in [-0.25, -0.2) is 9.78 Å². The van der Waals surface area contributed by atoms with Crippen molar-refractivity contribution in [3.05, 3.63) is 17.7 Å². The van der Waals surface area contributed by atoms with Crippen LogP contribution in [0.1, 0.15) is 24.7 Å². The summed E-state index contributed by atoms with van der Waals surface area (Å²) in [4.78, 5) is 32.1. The molecular formula is C12H15N3O3. The maximum Gasteiger partial charge on any atom is 0.326 e. The van der Waals surface area contributed by atoms with Crippen LogP contribution in [0.5, 0.6) is 0 Å². The van der Waals surface area contributed by atoms with Gasteiger partial charge in [0.05, 0.1) is 24.3 Å². The number of hydrogen-bond donors (Lipinski definition) is 2. The van der Waals surface area contributed by atoms with Crippen LogP contribution in [0.3, 0.4) is 0 Å². The number of carboxylic acid groups (broad SMARTS) is 1. The number of aromatic amines is 1. The minimum Gasteiger partial charge on any atom is -0.480 e. The molecule has 3 unspecified atom stereocenters. The fraction of sp³-hybridized carbons (Fsp3) is 0.583. The Morgan fingerprint density at radius 1 is 1.56 bits per heavy atom. The predicted molar refractivity (Wildman–Crippen MR) is 61.5 cm³/mol. The number of aliphatic carboxylic acids is 1. The lowest BCUT2D eigenvalue weighted by Gasteiger charge is -2.32. The fourth-order valence-corrected chi connectivity index (χ4v) is 2.57. The minimum absolute atomic E-state index is 0.0105. The lowest BCUT2D eigenvalue weighted by molar-refractivity contribution is -0.152. The van der Waals surface area contributed by atoms with E-state index in [1.165, 1.54) is 4.90 Å². The maximum atomic E-state index is 12.2. The molecule has 2 N–H and O–H groups in total. The third kappa shape index (κ3) is 1.68. The number of fused-ring (bicyclic) bond motifs is 1. The number of nitrogens with one attached hydrogen (secondary N) is 1. The first-order valence-electron chi connectivity index (χ1n) is 6.12. The Kier molecular flexibility index (Phi) is 2.39. The van der Waals surface area contributed by atoms with Crippen molar-refractivity contribution in [2.24, 2.45) is 11.8 Å². The first-order valence-corrected chi connectivity index (χ1v) is 6.12. The zero-order chi connectivity index (χ0) is 12.9. The number of nitrogens with zero attached hydrogens (tertiary/aromatic N) is 2. The third-order valence-corrected chi connectivity index (χ3v) is 3.89. The van der Waals surface area contributed by atoms with E-state index in [0.717, 1.165) is 17.8 Å². The van der Waals surface area contributed by atoms with Crippen LogP contribution in [0.4, 0.5) is 0 Å². The molecule has 1 amide bonds. The summed E-state index contributed by atoms with van der Waals surface area (Å²) in [6, 6.07) is -0.777. The molecule has 6 nitrogen and oxygen atoms in total. The molecule has 96 valence electrons. The second-order valence-electron chi connectivity index (χ2n) is 5.17. The number of rotatable bonds is 2. The highest BCUT2D eigenvalue weighted by molar-refractivity contribution is 5.87. The van der Waals surface area contributed by atoms with Gasteiger partial charge in [0.15, 0.2) is 0 Å². The normalized spacial score (nSPS) is 29.8. The molecule has 2 aliphatic rings. The number of amides is 1. The summed E-state index contributed by atoms with van der Waals surface area (Å²) in [7, 11) is 0. The second kappa shape index (κ2) is 3.83. The minimum atomic E-state index is -0.953. The van der Waals surface area contributed by atoms with Crippen LogP contribution in [0, 0.1) is 11.8 Å². The van der Waals surface area contributed by atoms with Crippen LogP contribution in [-0.4, -0.2) is 37.9 Å². The molecule has 0 aromatic carbocycles. The van der Waals surface area contributed by atoms with E-state index in [9.17, 15) is 14.7 Å². The van der Waals surface area contributed by atoms with E-state index in [0.29, 0.717) is 18.9 Å². The number of carbonyl (C=O) groups is 2. The highest BCUT2D eigenvalue weighted by Gasteiger charge is 2.46. The van der Waals surface area contributed by atoms with Gasteiger partial charge in [-0.1, -0.05) is 6.92 Å². The van der Waals surface area contributed by atoms with Gasteiger partial charge in [-0.05, 0) is 12.3 Å². The Morgan fingerprint density at radius 2 is 2.28 bits per heavy atom. The van der Waals surface area contributed by atoms with Gasteiger partial charge in [0.25, 0.3) is 0 Å². The van der Waals surface area contributed by atoms with Gasteiger partial charge in [-0.2, -0.15) is 0 Å². The molecule has 1 aliphatic carbocycles. The molecular weight excluding hydrogens is 234 g/mol. The molecule has 1 aliphatic heterocycles. The topological polar surface area (TPSA) is 86.3 Å². The average Bonchev–Trinajstić information content (AvgIpc) is 2.90. The Hall–Kier alpha value is -1.85. The number of carbonyl (C=O) groups excluding carboxylic acids is 1. The predicted octanol–water partition coefficient (Wildman–Crippen LogP) is 0.404. The Morgan fingerprint density at radius 3 is 2.89 bits per heavy atom. The van der Waals surface area contributed by atoms with Crippen LogP contribution < -0.4 is 0 Å². The lowest BCUT2D eigenvalue weighted by Crippen LogP contribution is -2.49. The molecule has 1 aromatic heterocycles. The highest BCUT2D eigenvalue weighted by atomic mass is 16.4. The van der Waals surface area contributed by atoms with Crippen molar-refractivity contribution < 1.29 is 14.7 Å². The van der Waals surface area contributed by atoms with Gasteiger partial charge in [0.1, 0.15) is 6.04 Å². The largest absolute Gasteiger partial charge is 0.480 e. The van der Waals surface area contributed by atoms with Gasteiger partial charge in [0.2, 0.25) is 5.91 Å². The molecule has 18 heavy (non-hydrogen) atoms. The van der Waals surface area contributed by atoms with E-state index in [4.69, 9.17) is 0 Å². The summed E-state index contributed by atoms with van der Waals surface area (Å²) >= 11 is 0. The monoisotopic (exact) mass is 249 g/mol. The Labute approximate surface area is 104 Å². The molecule has 6 heteroatoms. The zero-order valence-electron chi connectivity index (χ0n) is 10.1. The van der Waals surface area contributed by atoms with Crippen molar-refractivity contribution in [3.8, 4) is 0 Å². The maximum absolute atomic E-state index is 12.2. The SMILES string of the molecule is CC1CC1C(=O)N1Cc2[nH]cnc2CC1C(=O)O. The molecule has 3 rings (SSSR count). The Balaban J connectivity index is 1.87. The molecule has 2 heterocycles. The molecule has 0 radical (unpaired) electrons. The van der Waals surface area contributed by atoms with Crippen LogP contribution in [-0.2, 0) is 22.6 Å². The van der Waals surface area contributed by atoms with Crippen molar-refractivity contribution in [1.29, 1.82) is 0 Å². The summed E-state index contributed by atoms with van der Waals surface area (Å²) in [6.45, 7) is 2.35. The molecule has 0 bridgehead atoms. The van der Waals surface area contributed by atoms with E-state index in [1.54, 1.807) is 6.33 Å². The molecule has 1 fully saturated rings. The van der Waals surface area contributed by atoms with Crippen molar-refractivity contribution in [3.63, 3.8) is 0 Å². The molecule has 1 aromatic rings. The lowest BCUT2D eigenvalue weighted by atomic mass is 10.0. The van der Waals surface area contributed by atoms with E-state index in [1.807, 2.05) is 6.92 Å². The average molecular weight is 249 g/mol. The molecule has 0 spiro atoms.